The Morgan fingerprint density at radius 2 is 2.14 bits per heavy atom. The third-order valence-electron chi connectivity index (χ3n) is 4.66. The van der Waals surface area contributed by atoms with Crippen molar-refractivity contribution in [1.29, 1.82) is 0 Å². The minimum absolute atomic E-state index is 0.347. The van der Waals surface area contributed by atoms with Gasteiger partial charge in [-0.1, -0.05) is 31.2 Å². The van der Waals surface area contributed by atoms with Crippen LogP contribution in [-0.4, -0.2) is 16.6 Å². The molecule has 1 N–H and O–H groups in total. The Morgan fingerprint density at radius 1 is 1.33 bits per heavy atom. The van der Waals surface area contributed by atoms with Crippen molar-refractivity contribution in [2.45, 2.75) is 45.2 Å². The molecule has 1 aromatic heterocycles. The molecule has 2 aromatic rings. The first-order valence-electron chi connectivity index (χ1n) is 8.08. The molecule has 0 spiro atoms. The summed E-state index contributed by atoms with van der Waals surface area (Å²) >= 11 is 0. The number of aryl methyl sites for hydroxylation is 2. The van der Waals surface area contributed by atoms with Crippen LogP contribution in [0.4, 0.5) is 0 Å². The molecule has 3 heteroatoms. The lowest BCUT2D eigenvalue weighted by atomic mass is 9.79. The number of rotatable bonds is 5. The SMILES string of the molecule is CCCn1ccnc1C(NC)C1CCc2ccccc2C1. The van der Waals surface area contributed by atoms with E-state index in [1.54, 1.807) is 0 Å². The van der Waals surface area contributed by atoms with Crippen LogP contribution in [0.3, 0.4) is 0 Å². The number of imidazole rings is 1. The number of aromatic nitrogens is 2. The van der Waals surface area contributed by atoms with Crippen molar-refractivity contribution in [3.8, 4) is 0 Å². The summed E-state index contributed by atoms with van der Waals surface area (Å²) in [5.74, 6) is 1.83. The second kappa shape index (κ2) is 6.44. The first-order chi connectivity index (χ1) is 10.3. The summed E-state index contributed by atoms with van der Waals surface area (Å²) in [6, 6.07) is 9.22. The summed E-state index contributed by atoms with van der Waals surface area (Å²) in [6.07, 6.45) is 8.77. The number of hydrogen-bond acceptors (Lipinski definition) is 2. The monoisotopic (exact) mass is 283 g/mol. The fourth-order valence-electron chi connectivity index (χ4n) is 3.62. The fourth-order valence-corrected chi connectivity index (χ4v) is 3.62. The molecule has 0 saturated carbocycles. The van der Waals surface area contributed by atoms with E-state index in [-0.39, 0.29) is 0 Å². The molecule has 3 nitrogen and oxygen atoms in total. The van der Waals surface area contributed by atoms with Crippen LogP contribution in [0.1, 0.15) is 42.8 Å². The topological polar surface area (TPSA) is 29.9 Å². The first kappa shape index (κ1) is 14.3. The Balaban J connectivity index is 1.83. The molecule has 1 aliphatic rings. The van der Waals surface area contributed by atoms with Crippen LogP contribution in [-0.2, 0) is 19.4 Å². The molecule has 0 saturated heterocycles. The lowest BCUT2D eigenvalue weighted by molar-refractivity contribution is 0.321. The largest absolute Gasteiger partial charge is 0.334 e. The highest BCUT2D eigenvalue weighted by atomic mass is 15.1. The molecule has 1 aromatic carbocycles. The summed E-state index contributed by atoms with van der Waals surface area (Å²) in [5, 5.41) is 3.52. The molecule has 2 atom stereocenters. The van der Waals surface area contributed by atoms with Gasteiger partial charge in [0.1, 0.15) is 5.82 Å². The summed E-state index contributed by atoms with van der Waals surface area (Å²) in [7, 11) is 2.07. The minimum atomic E-state index is 0.347. The molecule has 21 heavy (non-hydrogen) atoms. The highest BCUT2D eigenvalue weighted by Crippen LogP contribution is 2.33. The van der Waals surface area contributed by atoms with E-state index >= 15 is 0 Å². The van der Waals surface area contributed by atoms with Crippen LogP contribution in [0.25, 0.3) is 0 Å². The Morgan fingerprint density at radius 3 is 2.90 bits per heavy atom. The highest BCUT2D eigenvalue weighted by molar-refractivity contribution is 5.30. The maximum Gasteiger partial charge on any atom is 0.126 e. The van der Waals surface area contributed by atoms with Crippen molar-refractivity contribution in [3.05, 3.63) is 53.6 Å². The van der Waals surface area contributed by atoms with Crippen molar-refractivity contribution in [1.82, 2.24) is 14.9 Å². The molecule has 1 heterocycles. The second-order valence-corrected chi connectivity index (χ2v) is 6.02. The van der Waals surface area contributed by atoms with Gasteiger partial charge in [-0.25, -0.2) is 4.98 Å². The highest BCUT2D eigenvalue weighted by Gasteiger charge is 2.28. The van der Waals surface area contributed by atoms with Gasteiger partial charge < -0.3 is 9.88 Å². The molecule has 0 aliphatic heterocycles. The van der Waals surface area contributed by atoms with Crippen LogP contribution in [0.5, 0.6) is 0 Å². The van der Waals surface area contributed by atoms with Gasteiger partial charge in [0, 0.05) is 18.9 Å². The van der Waals surface area contributed by atoms with Gasteiger partial charge in [0.05, 0.1) is 6.04 Å². The summed E-state index contributed by atoms with van der Waals surface area (Å²) in [5.41, 5.74) is 3.04. The van der Waals surface area contributed by atoms with Crippen molar-refractivity contribution in [2.75, 3.05) is 7.05 Å². The second-order valence-electron chi connectivity index (χ2n) is 6.02. The zero-order chi connectivity index (χ0) is 14.7. The Bertz CT molecular complexity index is 588. The van der Waals surface area contributed by atoms with Crippen molar-refractivity contribution in [3.63, 3.8) is 0 Å². The zero-order valence-electron chi connectivity index (χ0n) is 13.0. The van der Waals surface area contributed by atoms with E-state index in [1.165, 1.54) is 29.8 Å². The smallest absolute Gasteiger partial charge is 0.126 e. The van der Waals surface area contributed by atoms with E-state index in [0.717, 1.165) is 19.4 Å². The minimum Gasteiger partial charge on any atom is -0.334 e. The molecule has 0 radical (unpaired) electrons. The molecule has 0 fully saturated rings. The van der Waals surface area contributed by atoms with E-state index < -0.39 is 0 Å². The van der Waals surface area contributed by atoms with Crippen LogP contribution in [0.15, 0.2) is 36.7 Å². The quantitative estimate of drug-likeness (QED) is 0.912. The predicted octanol–water partition coefficient (Wildman–Crippen LogP) is 3.36. The maximum absolute atomic E-state index is 4.64. The lowest BCUT2D eigenvalue weighted by Crippen LogP contribution is -2.32. The van der Waals surface area contributed by atoms with Crippen LogP contribution in [0, 0.1) is 5.92 Å². The normalized spacial score (nSPS) is 19.2. The van der Waals surface area contributed by atoms with Gasteiger partial charge in [0.2, 0.25) is 0 Å². The van der Waals surface area contributed by atoms with Gasteiger partial charge in [-0.2, -0.15) is 0 Å². The number of hydrogen-bond donors (Lipinski definition) is 1. The maximum atomic E-state index is 4.64. The number of nitrogens with zero attached hydrogens (tertiary/aromatic N) is 2. The van der Waals surface area contributed by atoms with Crippen molar-refractivity contribution in [2.24, 2.45) is 5.92 Å². The number of benzene rings is 1. The van der Waals surface area contributed by atoms with Crippen molar-refractivity contribution < 1.29 is 0 Å². The third kappa shape index (κ3) is 2.88. The molecular formula is C18H25N3. The summed E-state index contributed by atoms with van der Waals surface area (Å²) in [6.45, 7) is 3.27. The van der Waals surface area contributed by atoms with Gasteiger partial charge in [-0.05, 0) is 49.8 Å². The molecule has 1 aliphatic carbocycles. The molecular weight excluding hydrogens is 258 g/mol. The van der Waals surface area contributed by atoms with Gasteiger partial charge in [-0.3, -0.25) is 0 Å². The van der Waals surface area contributed by atoms with E-state index in [2.05, 4.69) is 59.3 Å². The molecule has 3 rings (SSSR count). The molecule has 112 valence electrons. The molecule has 0 bridgehead atoms. The van der Waals surface area contributed by atoms with Gasteiger partial charge in [0.15, 0.2) is 0 Å². The van der Waals surface area contributed by atoms with Gasteiger partial charge >= 0.3 is 0 Å². The molecule has 0 amide bonds. The third-order valence-corrected chi connectivity index (χ3v) is 4.66. The van der Waals surface area contributed by atoms with Gasteiger partial charge in [-0.15, -0.1) is 0 Å². The fraction of sp³-hybridized carbons (Fsp3) is 0.500. The van der Waals surface area contributed by atoms with E-state index in [0.29, 0.717) is 12.0 Å². The number of nitrogens with one attached hydrogen (secondary N) is 1. The summed E-state index contributed by atoms with van der Waals surface area (Å²) < 4.78 is 2.31. The standard InChI is InChI=1S/C18H25N3/c1-3-11-21-12-10-20-18(21)17(19-2)16-9-8-14-6-4-5-7-15(14)13-16/h4-7,10,12,16-17,19H,3,8-9,11,13H2,1-2H3. The van der Waals surface area contributed by atoms with Gasteiger partial charge in [0.25, 0.3) is 0 Å². The average Bonchev–Trinajstić information content (AvgIpc) is 2.97. The zero-order valence-corrected chi connectivity index (χ0v) is 13.0. The van der Waals surface area contributed by atoms with E-state index in [4.69, 9.17) is 0 Å². The summed E-state index contributed by atoms with van der Waals surface area (Å²) in [4.78, 5) is 4.64. The van der Waals surface area contributed by atoms with Crippen molar-refractivity contribution >= 4 is 0 Å². The van der Waals surface area contributed by atoms with E-state index in [1.807, 2.05) is 6.20 Å². The Labute approximate surface area is 127 Å². The van der Waals surface area contributed by atoms with Crippen LogP contribution in [0.2, 0.25) is 0 Å². The average molecular weight is 283 g/mol. The number of fused-ring (bicyclic) bond motifs is 1. The van der Waals surface area contributed by atoms with E-state index in [9.17, 15) is 0 Å². The Hall–Kier alpha value is -1.61. The Kier molecular flexibility index (Phi) is 4.39. The van der Waals surface area contributed by atoms with Crippen LogP contribution < -0.4 is 5.32 Å². The van der Waals surface area contributed by atoms with Crippen LogP contribution >= 0.6 is 0 Å². The lowest BCUT2D eigenvalue weighted by Gasteiger charge is -2.31. The predicted molar refractivity (Wildman–Crippen MR) is 86.3 cm³/mol. The molecule has 2 unspecified atom stereocenters. The first-order valence-corrected chi connectivity index (χ1v) is 8.08.